The second-order valence-electron chi connectivity index (χ2n) is 6.14. The number of nitrogens with zero attached hydrogens (tertiary/aromatic N) is 1. The molecule has 0 saturated heterocycles. The van der Waals surface area contributed by atoms with Crippen LogP contribution in [0.2, 0.25) is 0 Å². The van der Waals surface area contributed by atoms with Crippen molar-refractivity contribution in [3.05, 3.63) is 59.7 Å². The topological polar surface area (TPSA) is 72.9 Å². The fourth-order valence-electron chi connectivity index (χ4n) is 2.41. The Hall–Kier alpha value is -3.08. The number of hydrogen-bond acceptors (Lipinski definition) is 5. The second kappa shape index (κ2) is 9.92. The third-order valence-corrected chi connectivity index (χ3v) is 5.75. The smallest absolute Gasteiger partial charge is 0.242 e. The van der Waals surface area contributed by atoms with Gasteiger partial charge in [-0.05, 0) is 55.0 Å². The maximum absolute atomic E-state index is 12.4. The van der Waals surface area contributed by atoms with E-state index in [-0.39, 0.29) is 17.3 Å². The van der Waals surface area contributed by atoms with E-state index >= 15 is 0 Å². The van der Waals surface area contributed by atoms with Crippen LogP contribution in [0.4, 0.5) is 0 Å². The van der Waals surface area contributed by atoms with E-state index in [9.17, 15) is 13.2 Å². The summed E-state index contributed by atoms with van der Waals surface area (Å²) in [5.74, 6) is 3.23. The first kappa shape index (κ1) is 22.2. The van der Waals surface area contributed by atoms with Gasteiger partial charge in [-0.1, -0.05) is 18.1 Å². The summed E-state index contributed by atoms with van der Waals surface area (Å²) < 4.78 is 36.3. The van der Waals surface area contributed by atoms with Crippen molar-refractivity contribution in [1.82, 2.24) is 4.31 Å². The molecule has 7 heteroatoms. The lowest BCUT2D eigenvalue weighted by Crippen LogP contribution is -2.22. The highest BCUT2D eigenvalue weighted by Gasteiger charge is 2.17. The van der Waals surface area contributed by atoms with Crippen molar-refractivity contribution < 1.29 is 22.7 Å². The molecule has 0 spiro atoms. The van der Waals surface area contributed by atoms with Crippen molar-refractivity contribution in [2.75, 3.05) is 27.3 Å². The molecular formula is C22H23NO5S. The second-order valence-corrected chi connectivity index (χ2v) is 8.29. The number of sulfonamides is 1. The molecule has 0 saturated carbocycles. The van der Waals surface area contributed by atoms with Crippen LogP contribution in [-0.2, 0) is 10.0 Å². The van der Waals surface area contributed by atoms with E-state index in [0.29, 0.717) is 23.7 Å². The molecule has 2 aromatic carbocycles. The molecule has 0 bridgehead atoms. The standard InChI is InChI=1S/C22H23NO5S/c1-5-15-28-21-14-8-17(16-22(21)27-6-2)7-13-20(24)18-9-11-19(12-10-18)29(25,26)23(3)4/h1,7-14,16H,6,15H2,2-4H3/b13-7+. The molecule has 2 rings (SSSR count). The Bertz CT molecular complexity index is 1030. The molecule has 0 aliphatic rings. The lowest BCUT2D eigenvalue weighted by molar-refractivity contribution is 0.104. The maximum atomic E-state index is 12.4. The van der Waals surface area contributed by atoms with E-state index in [1.807, 2.05) is 6.92 Å². The van der Waals surface area contributed by atoms with Gasteiger partial charge in [-0.3, -0.25) is 4.79 Å². The molecule has 0 atom stereocenters. The molecular weight excluding hydrogens is 390 g/mol. The molecule has 152 valence electrons. The van der Waals surface area contributed by atoms with E-state index in [1.54, 1.807) is 24.3 Å². The summed E-state index contributed by atoms with van der Waals surface area (Å²) in [5.41, 5.74) is 1.14. The van der Waals surface area contributed by atoms with Gasteiger partial charge in [0.05, 0.1) is 11.5 Å². The van der Waals surface area contributed by atoms with Crippen molar-refractivity contribution in [2.45, 2.75) is 11.8 Å². The van der Waals surface area contributed by atoms with Crippen LogP contribution in [0.1, 0.15) is 22.8 Å². The Kier molecular flexibility index (Phi) is 7.59. The molecule has 0 amide bonds. The molecule has 0 aliphatic heterocycles. The largest absolute Gasteiger partial charge is 0.490 e. The van der Waals surface area contributed by atoms with Crippen molar-refractivity contribution in [1.29, 1.82) is 0 Å². The highest BCUT2D eigenvalue weighted by Crippen LogP contribution is 2.29. The molecule has 0 aliphatic carbocycles. The lowest BCUT2D eigenvalue weighted by atomic mass is 10.1. The summed E-state index contributed by atoms with van der Waals surface area (Å²) in [7, 11) is -0.620. The molecule has 0 heterocycles. The minimum Gasteiger partial charge on any atom is -0.490 e. The number of rotatable bonds is 9. The quantitative estimate of drug-likeness (QED) is 0.358. The predicted octanol–water partition coefficient (Wildman–Crippen LogP) is 3.24. The highest BCUT2D eigenvalue weighted by molar-refractivity contribution is 7.89. The van der Waals surface area contributed by atoms with Gasteiger partial charge in [-0.2, -0.15) is 0 Å². The fraction of sp³-hybridized carbons (Fsp3) is 0.227. The first-order valence-electron chi connectivity index (χ1n) is 8.87. The Labute approximate surface area is 171 Å². The Morgan fingerprint density at radius 1 is 1.10 bits per heavy atom. The zero-order chi connectivity index (χ0) is 21.4. The van der Waals surface area contributed by atoms with Gasteiger partial charge in [0.25, 0.3) is 0 Å². The van der Waals surface area contributed by atoms with Crippen LogP contribution < -0.4 is 9.47 Å². The number of hydrogen-bond donors (Lipinski definition) is 0. The van der Waals surface area contributed by atoms with Gasteiger partial charge in [0, 0.05) is 19.7 Å². The number of ketones is 1. The Morgan fingerprint density at radius 2 is 1.79 bits per heavy atom. The normalized spacial score (nSPS) is 11.4. The molecule has 2 aromatic rings. The third kappa shape index (κ3) is 5.70. The number of allylic oxidation sites excluding steroid dienone is 1. The monoisotopic (exact) mass is 413 g/mol. The molecule has 0 radical (unpaired) electrons. The van der Waals surface area contributed by atoms with Gasteiger partial charge in [0.1, 0.15) is 6.61 Å². The molecule has 0 unspecified atom stereocenters. The molecule has 29 heavy (non-hydrogen) atoms. The van der Waals surface area contributed by atoms with Gasteiger partial charge in [0.15, 0.2) is 17.3 Å². The SMILES string of the molecule is C#CCOc1ccc(/C=C/C(=O)c2ccc(S(=O)(=O)N(C)C)cc2)cc1OCC. The van der Waals surface area contributed by atoms with Crippen LogP contribution in [0.5, 0.6) is 11.5 Å². The summed E-state index contributed by atoms with van der Waals surface area (Å²) in [5, 5.41) is 0. The van der Waals surface area contributed by atoms with Crippen LogP contribution in [0.3, 0.4) is 0 Å². The summed E-state index contributed by atoms with van der Waals surface area (Å²) in [4.78, 5) is 12.5. The average Bonchev–Trinajstić information content (AvgIpc) is 2.71. The Balaban J connectivity index is 2.18. The summed E-state index contributed by atoms with van der Waals surface area (Å²) in [6.07, 6.45) is 8.29. The average molecular weight is 413 g/mol. The minimum atomic E-state index is -3.53. The van der Waals surface area contributed by atoms with E-state index < -0.39 is 10.0 Å². The summed E-state index contributed by atoms with van der Waals surface area (Å²) in [6, 6.07) is 11.1. The van der Waals surface area contributed by atoms with Gasteiger partial charge in [-0.25, -0.2) is 12.7 Å². The molecule has 6 nitrogen and oxygen atoms in total. The number of carbonyl (C=O) groups excluding carboxylic acids is 1. The number of terminal acetylenes is 1. The zero-order valence-corrected chi connectivity index (χ0v) is 17.4. The van der Waals surface area contributed by atoms with E-state index in [1.165, 1.54) is 44.4 Å². The van der Waals surface area contributed by atoms with E-state index in [4.69, 9.17) is 15.9 Å². The van der Waals surface area contributed by atoms with Crippen LogP contribution >= 0.6 is 0 Å². The Morgan fingerprint density at radius 3 is 2.38 bits per heavy atom. The highest BCUT2D eigenvalue weighted by atomic mass is 32.2. The van der Waals surface area contributed by atoms with E-state index in [0.717, 1.165) is 9.87 Å². The summed E-state index contributed by atoms with van der Waals surface area (Å²) in [6.45, 7) is 2.45. The maximum Gasteiger partial charge on any atom is 0.242 e. The first-order valence-corrected chi connectivity index (χ1v) is 10.3. The first-order chi connectivity index (χ1) is 13.8. The minimum absolute atomic E-state index is 0.131. The molecule has 0 aromatic heterocycles. The van der Waals surface area contributed by atoms with Crippen LogP contribution in [-0.4, -0.2) is 45.8 Å². The van der Waals surface area contributed by atoms with Crippen LogP contribution in [0, 0.1) is 12.3 Å². The predicted molar refractivity (Wildman–Crippen MR) is 113 cm³/mol. The number of carbonyl (C=O) groups is 1. The van der Waals surface area contributed by atoms with Gasteiger partial charge in [-0.15, -0.1) is 6.42 Å². The van der Waals surface area contributed by atoms with Gasteiger partial charge in [0.2, 0.25) is 10.0 Å². The van der Waals surface area contributed by atoms with Crippen molar-refractivity contribution >= 4 is 21.9 Å². The lowest BCUT2D eigenvalue weighted by Gasteiger charge is -2.11. The molecule has 0 fully saturated rings. The summed E-state index contributed by atoms with van der Waals surface area (Å²) >= 11 is 0. The van der Waals surface area contributed by atoms with Crippen molar-refractivity contribution in [2.24, 2.45) is 0 Å². The third-order valence-electron chi connectivity index (χ3n) is 3.92. The van der Waals surface area contributed by atoms with Crippen LogP contribution in [0.25, 0.3) is 6.08 Å². The number of benzene rings is 2. The van der Waals surface area contributed by atoms with Gasteiger partial charge < -0.3 is 9.47 Å². The van der Waals surface area contributed by atoms with E-state index in [2.05, 4.69) is 5.92 Å². The fourth-order valence-corrected chi connectivity index (χ4v) is 3.31. The van der Waals surface area contributed by atoms with Gasteiger partial charge >= 0.3 is 0 Å². The van der Waals surface area contributed by atoms with Crippen molar-refractivity contribution in [3.63, 3.8) is 0 Å². The molecule has 0 N–H and O–H groups in total. The van der Waals surface area contributed by atoms with Crippen LogP contribution in [0.15, 0.2) is 53.4 Å². The zero-order valence-electron chi connectivity index (χ0n) is 16.6. The number of ether oxygens (including phenoxy) is 2. The van der Waals surface area contributed by atoms with Crippen molar-refractivity contribution in [3.8, 4) is 23.8 Å².